The van der Waals surface area contributed by atoms with Gasteiger partial charge >= 0.3 is 0 Å². The van der Waals surface area contributed by atoms with E-state index in [9.17, 15) is 4.79 Å². The molecule has 0 aliphatic carbocycles. The number of H-pyrrole nitrogens is 1. The Bertz CT molecular complexity index is 870. The van der Waals surface area contributed by atoms with Crippen molar-refractivity contribution in [3.05, 3.63) is 54.4 Å². The molecule has 1 unspecified atom stereocenters. The van der Waals surface area contributed by atoms with Crippen molar-refractivity contribution in [1.29, 1.82) is 0 Å². The van der Waals surface area contributed by atoms with Crippen LogP contribution in [0.2, 0.25) is 0 Å². The van der Waals surface area contributed by atoms with Crippen LogP contribution in [0.15, 0.2) is 48.5 Å². The number of carbonyl (C=O) groups excluding carboxylic acids is 1. The second-order valence-electron chi connectivity index (χ2n) is 7.04. The summed E-state index contributed by atoms with van der Waals surface area (Å²) in [6.07, 6.45) is 0.959. The van der Waals surface area contributed by atoms with Crippen molar-refractivity contribution in [3.63, 3.8) is 0 Å². The van der Waals surface area contributed by atoms with Gasteiger partial charge in [0.1, 0.15) is 17.3 Å². The number of rotatable bonds is 9. The Hall–Kier alpha value is -3.02. The van der Waals surface area contributed by atoms with E-state index in [-0.39, 0.29) is 24.5 Å². The summed E-state index contributed by atoms with van der Waals surface area (Å²) in [7, 11) is 0. The molecule has 0 radical (unpaired) electrons. The van der Waals surface area contributed by atoms with Gasteiger partial charge in [-0.1, -0.05) is 32.9 Å². The van der Waals surface area contributed by atoms with E-state index in [1.807, 2.05) is 50.2 Å². The molecule has 6 nitrogen and oxygen atoms in total. The molecule has 28 heavy (non-hydrogen) atoms. The Labute approximate surface area is 165 Å². The van der Waals surface area contributed by atoms with Gasteiger partial charge in [0.05, 0.1) is 23.7 Å². The first-order chi connectivity index (χ1) is 13.6. The lowest BCUT2D eigenvalue weighted by molar-refractivity contribution is -0.124. The van der Waals surface area contributed by atoms with Crippen molar-refractivity contribution in [2.24, 2.45) is 5.92 Å². The predicted molar refractivity (Wildman–Crippen MR) is 110 cm³/mol. The Kier molecular flexibility index (Phi) is 6.53. The zero-order valence-corrected chi connectivity index (χ0v) is 16.6. The number of hydrogen-bond acceptors (Lipinski definition) is 4. The Morgan fingerprint density at radius 3 is 2.39 bits per heavy atom. The average molecular weight is 381 g/mol. The van der Waals surface area contributed by atoms with E-state index in [0.717, 1.165) is 29.0 Å². The van der Waals surface area contributed by atoms with Crippen LogP contribution in [0.3, 0.4) is 0 Å². The van der Waals surface area contributed by atoms with E-state index < -0.39 is 0 Å². The molecule has 0 aliphatic rings. The minimum atomic E-state index is -0.215. The number of aromatic nitrogens is 2. The number of ether oxygens (including phenoxy) is 2. The standard InChI is InChI=1S/C22H27N3O3/c1-4-13-27-16-9-11-17(12-10-16)28-14-20(26)25-21(15(2)3)22-23-18-7-5-6-8-19(18)24-22/h5-12,15,21H,4,13-14H2,1-3H3,(H,23,24)(H,25,26). The second kappa shape index (κ2) is 9.26. The summed E-state index contributed by atoms with van der Waals surface area (Å²) < 4.78 is 11.1. The average Bonchev–Trinajstić information content (AvgIpc) is 3.13. The summed E-state index contributed by atoms with van der Waals surface area (Å²) in [5, 5.41) is 3.02. The lowest BCUT2D eigenvalue weighted by Crippen LogP contribution is -2.35. The topological polar surface area (TPSA) is 76.2 Å². The molecule has 148 valence electrons. The Balaban J connectivity index is 1.58. The number of imidazole rings is 1. The van der Waals surface area contributed by atoms with Gasteiger partial charge in [-0.3, -0.25) is 4.79 Å². The number of para-hydroxylation sites is 2. The number of nitrogens with one attached hydrogen (secondary N) is 2. The molecule has 2 aromatic carbocycles. The van der Waals surface area contributed by atoms with Crippen LogP contribution in [-0.4, -0.2) is 29.1 Å². The van der Waals surface area contributed by atoms with Gasteiger partial charge in [0.15, 0.2) is 6.61 Å². The van der Waals surface area contributed by atoms with E-state index in [1.165, 1.54) is 0 Å². The highest BCUT2D eigenvalue weighted by molar-refractivity contribution is 5.78. The Morgan fingerprint density at radius 2 is 1.75 bits per heavy atom. The van der Waals surface area contributed by atoms with Crippen LogP contribution in [0.1, 0.15) is 39.1 Å². The highest BCUT2D eigenvalue weighted by Gasteiger charge is 2.22. The maximum atomic E-state index is 12.4. The molecule has 2 N–H and O–H groups in total. The van der Waals surface area contributed by atoms with E-state index >= 15 is 0 Å². The first-order valence-electron chi connectivity index (χ1n) is 9.66. The maximum Gasteiger partial charge on any atom is 0.258 e. The summed E-state index contributed by atoms with van der Waals surface area (Å²) >= 11 is 0. The maximum absolute atomic E-state index is 12.4. The van der Waals surface area contributed by atoms with E-state index in [2.05, 4.69) is 22.2 Å². The molecule has 0 aliphatic heterocycles. The third-order valence-electron chi connectivity index (χ3n) is 4.35. The molecule has 6 heteroatoms. The molecule has 1 aromatic heterocycles. The van der Waals surface area contributed by atoms with Crippen molar-refractivity contribution >= 4 is 16.9 Å². The van der Waals surface area contributed by atoms with Crippen molar-refractivity contribution < 1.29 is 14.3 Å². The van der Waals surface area contributed by atoms with Crippen LogP contribution < -0.4 is 14.8 Å². The zero-order valence-electron chi connectivity index (χ0n) is 16.6. The van der Waals surface area contributed by atoms with Gasteiger partial charge < -0.3 is 19.8 Å². The molecule has 0 saturated carbocycles. The monoisotopic (exact) mass is 381 g/mol. The van der Waals surface area contributed by atoms with Gasteiger partial charge in [0, 0.05) is 0 Å². The third kappa shape index (κ3) is 5.03. The molecular formula is C22H27N3O3. The zero-order chi connectivity index (χ0) is 19.9. The van der Waals surface area contributed by atoms with Crippen LogP contribution in [0.4, 0.5) is 0 Å². The van der Waals surface area contributed by atoms with Gasteiger partial charge in [0.2, 0.25) is 0 Å². The van der Waals surface area contributed by atoms with Crippen molar-refractivity contribution in [2.75, 3.05) is 13.2 Å². The smallest absolute Gasteiger partial charge is 0.258 e. The highest BCUT2D eigenvalue weighted by Crippen LogP contribution is 2.22. The molecule has 1 heterocycles. The van der Waals surface area contributed by atoms with Crippen LogP contribution in [-0.2, 0) is 4.79 Å². The molecule has 0 spiro atoms. The summed E-state index contributed by atoms with van der Waals surface area (Å²) in [5.41, 5.74) is 1.85. The number of hydrogen-bond donors (Lipinski definition) is 2. The van der Waals surface area contributed by atoms with Crippen LogP contribution in [0.25, 0.3) is 11.0 Å². The van der Waals surface area contributed by atoms with Gasteiger partial charge in [-0.25, -0.2) is 4.98 Å². The first-order valence-corrected chi connectivity index (χ1v) is 9.66. The molecule has 0 bridgehead atoms. The summed E-state index contributed by atoms with van der Waals surface area (Å²) in [6.45, 7) is 6.79. The third-order valence-corrected chi connectivity index (χ3v) is 4.35. The molecule has 1 amide bonds. The van der Waals surface area contributed by atoms with E-state index in [0.29, 0.717) is 12.4 Å². The molecule has 3 rings (SSSR count). The second-order valence-corrected chi connectivity index (χ2v) is 7.04. The number of fused-ring (bicyclic) bond motifs is 1. The van der Waals surface area contributed by atoms with Gasteiger partial charge in [-0.05, 0) is 48.7 Å². The summed E-state index contributed by atoms with van der Waals surface area (Å²) in [6, 6.07) is 14.9. The number of nitrogens with zero attached hydrogens (tertiary/aromatic N) is 1. The van der Waals surface area contributed by atoms with Crippen molar-refractivity contribution in [2.45, 2.75) is 33.2 Å². The highest BCUT2D eigenvalue weighted by atomic mass is 16.5. The minimum Gasteiger partial charge on any atom is -0.494 e. The molecule has 3 aromatic rings. The van der Waals surface area contributed by atoms with Gasteiger partial charge in [-0.2, -0.15) is 0 Å². The molecular weight excluding hydrogens is 354 g/mol. The quantitative estimate of drug-likeness (QED) is 0.581. The van der Waals surface area contributed by atoms with Gasteiger partial charge in [-0.15, -0.1) is 0 Å². The SMILES string of the molecule is CCCOc1ccc(OCC(=O)NC(c2nc3ccccc3[nH]2)C(C)C)cc1. The normalized spacial score (nSPS) is 12.1. The summed E-state index contributed by atoms with van der Waals surface area (Å²) in [4.78, 5) is 20.3. The number of benzene rings is 2. The molecule has 0 fully saturated rings. The van der Waals surface area contributed by atoms with Crippen LogP contribution >= 0.6 is 0 Å². The molecule has 1 atom stereocenters. The fourth-order valence-corrected chi connectivity index (χ4v) is 2.89. The lowest BCUT2D eigenvalue weighted by Gasteiger charge is -2.20. The van der Waals surface area contributed by atoms with Crippen molar-refractivity contribution in [3.8, 4) is 11.5 Å². The van der Waals surface area contributed by atoms with Crippen LogP contribution in [0.5, 0.6) is 11.5 Å². The first kappa shape index (κ1) is 19.7. The number of amides is 1. The van der Waals surface area contributed by atoms with Crippen LogP contribution in [0, 0.1) is 5.92 Å². The van der Waals surface area contributed by atoms with E-state index in [4.69, 9.17) is 9.47 Å². The number of aromatic amines is 1. The van der Waals surface area contributed by atoms with Gasteiger partial charge in [0.25, 0.3) is 5.91 Å². The van der Waals surface area contributed by atoms with Crippen molar-refractivity contribution in [1.82, 2.24) is 15.3 Å². The lowest BCUT2D eigenvalue weighted by atomic mass is 10.0. The van der Waals surface area contributed by atoms with E-state index in [1.54, 1.807) is 12.1 Å². The fraction of sp³-hybridized carbons (Fsp3) is 0.364. The Morgan fingerprint density at radius 1 is 1.07 bits per heavy atom. The number of carbonyl (C=O) groups is 1. The fourth-order valence-electron chi connectivity index (χ4n) is 2.89. The minimum absolute atomic E-state index is 0.0569. The summed E-state index contributed by atoms with van der Waals surface area (Å²) in [5.74, 6) is 2.17. The largest absolute Gasteiger partial charge is 0.494 e. The molecule has 0 saturated heterocycles. The predicted octanol–water partition coefficient (Wildman–Crippen LogP) is 4.24.